The summed E-state index contributed by atoms with van der Waals surface area (Å²) >= 11 is 0. The summed E-state index contributed by atoms with van der Waals surface area (Å²) in [5, 5.41) is 8.35. The van der Waals surface area contributed by atoms with E-state index >= 15 is 0 Å². The monoisotopic (exact) mass is 208 g/mol. The molecule has 0 aromatic heterocycles. The van der Waals surface area contributed by atoms with Gasteiger partial charge in [-0.25, -0.2) is 4.79 Å². The number of carboxylic acid groups (broad SMARTS) is 1. The number of hydrogen-bond acceptors (Lipinski definition) is 1. The lowest BCUT2D eigenvalue weighted by molar-refractivity contribution is -0.174. The van der Waals surface area contributed by atoms with Gasteiger partial charge in [-0.1, -0.05) is 33.1 Å². The summed E-state index contributed by atoms with van der Waals surface area (Å²) in [6.07, 6.45) is 3.02. The fraction of sp³-hybridized carbons (Fsp3) is 0.900. The smallest absolute Gasteiger partial charge is 0.374 e. The third-order valence-corrected chi connectivity index (χ3v) is 2.45. The van der Waals surface area contributed by atoms with Crippen LogP contribution < -0.4 is 0 Å². The summed E-state index contributed by atoms with van der Waals surface area (Å²) in [5.41, 5.74) is 0. The number of hydrogen-bond donors (Lipinski definition) is 1. The van der Waals surface area contributed by atoms with Gasteiger partial charge in [0, 0.05) is 5.92 Å². The van der Waals surface area contributed by atoms with Crippen LogP contribution in [0.2, 0.25) is 0 Å². The maximum absolute atomic E-state index is 13.0. The molecule has 0 aromatic rings. The zero-order valence-corrected chi connectivity index (χ0v) is 8.72. The Morgan fingerprint density at radius 3 is 2.29 bits per heavy atom. The first-order valence-electron chi connectivity index (χ1n) is 5.08. The molecule has 84 valence electrons. The quantitative estimate of drug-likeness (QED) is 0.652. The van der Waals surface area contributed by atoms with Crippen LogP contribution in [0.4, 0.5) is 8.78 Å². The Morgan fingerprint density at radius 2 is 1.93 bits per heavy atom. The molecular weight excluding hydrogens is 190 g/mol. The molecule has 0 aliphatic rings. The minimum Gasteiger partial charge on any atom is -0.477 e. The zero-order chi connectivity index (χ0) is 11.2. The van der Waals surface area contributed by atoms with E-state index in [0.29, 0.717) is 12.8 Å². The third-order valence-electron chi connectivity index (χ3n) is 2.45. The molecule has 0 saturated heterocycles. The van der Waals surface area contributed by atoms with Gasteiger partial charge in [-0.2, -0.15) is 8.78 Å². The second kappa shape index (κ2) is 5.94. The highest BCUT2D eigenvalue weighted by atomic mass is 19.3. The maximum Gasteiger partial charge on any atom is 0.374 e. The van der Waals surface area contributed by atoms with Crippen LogP contribution >= 0.6 is 0 Å². The molecule has 1 atom stereocenters. The van der Waals surface area contributed by atoms with E-state index in [2.05, 4.69) is 0 Å². The summed E-state index contributed by atoms with van der Waals surface area (Å²) in [5.74, 6) is -6.59. The lowest BCUT2D eigenvalue weighted by Gasteiger charge is -2.21. The predicted molar refractivity (Wildman–Crippen MR) is 50.5 cm³/mol. The van der Waals surface area contributed by atoms with Crippen molar-refractivity contribution in [1.29, 1.82) is 0 Å². The molecule has 0 bridgehead atoms. The molecule has 0 rings (SSSR count). The first kappa shape index (κ1) is 13.3. The Kier molecular flexibility index (Phi) is 5.65. The van der Waals surface area contributed by atoms with Crippen LogP contribution in [0, 0.1) is 5.92 Å². The van der Waals surface area contributed by atoms with Crippen LogP contribution in [0.1, 0.15) is 46.0 Å². The van der Waals surface area contributed by atoms with Crippen molar-refractivity contribution in [2.24, 2.45) is 5.92 Å². The molecule has 14 heavy (non-hydrogen) atoms. The number of carbonyl (C=O) groups is 1. The van der Waals surface area contributed by atoms with E-state index in [9.17, 15) is 13.6 Å². The van der Waals surface area contributed by atoms with Gasteiger partial charge >= 0.3 is 11.9 Å². The molecule has 2 nitrogen and oxygen atoms in total. The van der Waals surface area contributed by atoms with E-state index in [1.807, 2.05) is 6.92 Å². The van der Waals surface area contributed by atoms with Crippen LogP contribution in [0.25, 0.3) is 0 Å². The van der Waals surface area contributed by atoms with Crippen molar-refractivity contribution in [3.05, 3.63) is 0 Å². The maximum atomic E-state index is 13.0. The van der Waals surface area contributed by atoms with Gasteiger partial charge in [0.15, 0.2) is 0 Å². The van der Waals surface area contributed by atoms with Crippen molar-refractivity contribution in [3.63, 3.8) is 0 Å². The predicted octanol–water partition coefficient (Wildman–Crippen LogP) is 3.31. The van der Waals surface area contributed by atoms with Gasteiger partial charge in [0.05, 0.1) is 0 Å². The summed E-state index contributed by atoms with van der Waals surface area (Å²) in [6, 6.07) is 0. The first-order valence-corrected chi connectivity index (χ1v) is 5.08. The molecule has 0 saturated carbocycles. The highest BCUT2D eigenvalue weighted by Gasteiger charge is 2.45. The summed E-state index contributed by atoms with van der Waals surface area (Å²) < 4.78 is 26.1. The first-order chi connectivity index (χ1) is 6.46. The molecule has 0 aliphatic carbocycles. The lowest BCUT2D eigenvalue weighted by Crippen LogP contribution is -2.36. The number of carboxylic acids is 1. The van der Waals surface area contributed by atoms with Crippen molar-refractivity contribution in [2.45, 2.75) is 51.9 Å². The van der Waals surface area contributed by atoms with Gasteiger partial charge in [0.1, 0.15) is 0 Å². The standard InChI is InChI=1S/C10H18F2O2/c1-3-5-6-7-8(4-2)10(11,12)9(13)14/h8H,3-7H2,1-2H3,(H,13,14). The topological polar surface area (TPSA) is 37.3 Å². The van der Waals surface area contributed by atoms with Crippen molar-refractivity contribution in [1.82, 2.24) is 0 Å². The largest absolute Gasteiger partial charge is 0.477 e. The van der Waals surface area contributed by atoms with Crippen LogP contribution in [-0.4, -0.2) is 17.0 Å². The van der Waals surface area contributed by atoms with Crippen molar-refractivity contribution >= 4 is 5.97 Å². The normalized spacial score (nSPS) is 14.0. The Hall–Kier alpha value is -0.670. The molecule has 4 heteroatoms. The highest BCUT2D eigenvalue weighted by molar-refractivity contribution is 5.75. The second-order valence-corrected chi connectivity index (χ2v) is 3.53. The van der Waals surface area contributed by atoms with E-state index < -0.39 is 17.8 Å². The average Bonchev–Trinajstić information content (AvgIpc) is 2.12. The van der Waals surface area contributed by atoms with Gasteiger partial charge in [0.25, 0.3) is 0 Å². The molecule has 0 aliphatic heterocycles. The number of alkyl halides is 2. The molecule has 0 radical (unpaired) electrons. The van der Waals surface area contributed by atoms with Gasteiger partial charge in [-0.3, -0.25) is 0 Å². The zero-order valence-electron chi connectivity index (χ0n) is 8.72. The summed E-state index contributed by atoms with van der Waals surface area (Å²) in [7, 11) is 0. The summed E-state index contributed by atoms with van der Waals surface area (Å²) in [4.78, 5) is 10.3. The SMILES string of the molecule is CCCCCC(CC)C(F)(F)C(=O)O. The van der Waals surface area contributed by atoms with E-state index in [1.165, 1.54) is 0 Å². The van der Waals surface area contributed by atoms with Crippen LogP contribution in [-0.2, 0) is 4.79 Å². The number of halogens is 2. The fourth-order valence-electron chi connectivity index (χ4n) is 1.46. The average molecular weight is 208 g/mol. The molecule has 0 heterocycles. The minimum atomic E-state index is -3.57. The van der Waals surface area contributed by atoms with E-state index in [-0.39, 0.29) is 6.42 Å². The van der Waals surface area contributed by atoms with Gasteiger partial charge < -0.3 is 5.11 Å². The highest BCUT2D eigenvalue weighted by Crippen LogP contribution is 2.31. The van der Waals surface area contributed by atoms with Crippen molar-refractivity contribution in [2.75, 3.05) is 0 Å². The molecule has 0 fully saturated rings. The molecule has 0 amide bonds. The molecule has 1 unspecified atom stereocenters. The molecule has 0 aromatic carbocycles. The molecular formula is C10H18F2O2. The van der Waals surface area contributed by atoms with Gasteiger partial charge in [0.2, 0.25) is 0 Å². The van der Waals surface area contributed by atoms with E-state index in [4.69, 9.17) is 5.11 Å². The van der Waals surface area contributed by atoms with Crippen LogP contribution in [0.15, 0.2) is 0 Å². The van der Waals surface area contributed by atoms with E-state index in [0.717, 1.165) is 12.8 Å². The molecule has 1 N–H and O–H groups in total. The fourth-order valence-corrected chi connectivity index (χ4v) is 1.46. The minimum absolute atomic E-state index is 0.211. The number of unbranched alkanes of at least 4 members (excludes halogenated alkanes) is 2. The van der Waals surface area contributed by atoms with Crippen molar-refractivity contribution in [3.8, 4) is 0 Å². The van der Waals surface area contributed by atoms with Crippen LogP contribution in [0.3, 0.4) is 0 Å². The van der Waals surface area contributed by atoms with Gasteiger partial charge in [-0.05, 0) is 12.8 Å². The third kappa shape index (κ3) is 3.60. The summed E-state index contributed by atoms with van der Waals surface area (Å²) in [6.45, 7) is 3.59. The Morgan fingerprint density at radius 1 is 1.36 bits per heavy atom. The van der Waals surface area contributed by atoms with Crippen molar-refractivity contribution < 1.29 is 18.7 Å². The van der Waals surface area contributed by atoms with E-state index in [1.54, 1.807) is 6.92 Å². The Labute approximate surface area is 83.3 Å². The number of aliphatic carboxylic acids is 1. The number of rotatable bonds is 7. The van der Waals surface area contributed by atoms with Crippen LogP contribution in [0.5, 0.6) is 0 Å². The second-order valence-electron chi connectivity index (χ2n) is 3.53. The molecule has 0 spiro atoms. The lowest BCUT2D eigenvalue weighted by atomic mass is 9.92. The Balaban J connectivity index is 4.18. The van der Waals surface area contributed by atoms with Gasteiger partial charge in [-0.15, -0.1) is 0 Å². The Bertz CT molecular complexity index is 181.